The van der Waals surface area contributed by atoms with Crippen LogP contribution in [0, 0.1) is 13.8 Å². The number of carbonyl (C=O) groups excluding carboxylic acids is 1. The minimum atomic E-state index is -4.46. The molecule has 0 bridgehead atoms. The summed E-state index contributed by atoms with van der Waals surface area (Å²) in [5.41, 5.74) is 1.15. The molecular formula is C19H20F3NO2. The largest absolute Gasteiger partial charge is 0.480 e. The van der Waals surface area contributed by atoms with Gasteiger partial charge in [0.2, 0.25) is 0 Å². The van der Waals surface area contributed by atoms with Gasteiger partial charge in [0.15, 0.2) is 6.10 Å². The summed E-state index contributed by atoms with van der Waals surface area (Å²) in [6, 6.07) is 10.2. The molecule has 2 aromatic carbocycles. The Kier molecular flexibility index (Phi) is 5.72. The number of rotatable bonds is 5. The fourth-order valence-electron chi connectivity index (χ4n) is 2.31. The predicted molar refractivity (Wildman–Crippen MR) is 90.7 cm³/mol. The fourth-order valence-corrected chi connectivity index (χ4v) is 2.31. The Labute approximate surface area is 144 Å². The lowest BCUT2D eigenvalue weighted by Crippen LogP contribution is -2.32. The molecule has 0 aliphatic rings. The van der Waals surface area contributed by atoms with Crippen LogP contribution in [0.5, 0.6) is 5.75 Å². The van der Waals surface area contributed by atoms with Crippen molar-refractivity contribution in [3.63, 3.8) is 0 Å². The number of amides is 1. The number of hydrogen-bond acceptors (Lipinski definition) is 2. The van der Waals surface area contributed by atoms with Crippen molar-refractivity contribution in [3.05, 3.63) is 59.2 Å². The van der Waals surface area contributed by atoms with Crippen molar-refractivity contribution in [3.8, 4) is 5.75 Å². The zero-order chi connectivity index (χ0) is 18.6. The number of aryl methyl sites for hydroxylation is 2. The van der Waals surface area contributed by atoms with E-state index < -0.39 is 23.8 Å². The van der Waals surface area contributed by atoms with Crippen LogP contribution in [0.1, 0.15) is 30.0 Å². The second-order valence-electron chi connectivity index (χ2n) is 5.85. The quantitative estimate of drug-likeness (QED) is 0.812. The fraction of sp³-hybridized carbons (Fsp3) is 0.316. The first-order valence-electron chi connectivity index (χ1n) is 7.92. The van der Waals surface area contributed by atoms with Gasteiger partial charge in [-0.25, -0.2) is 0 Å². The number of carbonyl (C=O) groups is 1. The molecule has 0 radical (unpaired) electrons. The Bertz CT molecular complexity index is 757. The topological polar surface area (TPSA) is 38.3 Å². The number of ether oxygens (including phenoxy) is 1. The van der Waals surface area contributed by atoms with Crippen molar-refractivity contribution in [1.29, 1.82) is 0 Å². The Balaban J connectivity index is 2.14. The summed E-state index contributed by atoms with van der Waals surface area (Å²) in [6.45, 7) is 5.56. The van der Waals surface area contributed by atoms with Crippen LogP contribution in [0.15, 0.2) is 42.5 Å². The number of anilines is 1. The lowest BCUT2D eigenvalue weighted by atomic mass is 10.1. The maximum Gasteiger partial charge on any atom is 0.416 e. The second-order valence-corrected chi connectivity index (χ2v) is 5.85. The summed E-state index contributed by atoms with van der Waals surface area (Å²) in [5.74, 6) is 0.105. The van der Waals surface area contributed by atoms with Crippen LogP contribution in [0.2, 0.25) is 0 Å². The summed E-state index contributed by atoms with van der Waals surface area (Å²) >= 11 is 0. The average Bonchev–Trinajstić information content (AvgIpc) is 2.55. The van der Waals surface area contributed by atoms with E-state index >= 15 is 0 Å². The third-order valence-electron chi connectivity index (χ3n) is 3.73. The number of hydrogen-bond donors (Lipinski definition) is 1. The molecule has 2 rings (SSSR count). The smallest absolute Gasteiger partial charge is 0.416 e. The summed E-state index contributed by atoms with van der Waals surface area (Å²) < 4.78 is 44.1. The highest BCUT2D eigenvalue weighted by Gasteiger charge is 2.30. The van der Waals surface area contributed by atoms with Crippen LogP contribution in [0.25, 0.3) is 0 Å². The van der Waals surface area contributed by atoms with Crippen LogP contribution < -0.4 is 10.1 Å². The monoisotopic (exact) mass is 351 g/mol. The SMILES string of the molecule is CC[C@H](Oc1cc(C)ccc1C)C(=O)Nc1cccc(C(F)(F)F)c1. The van der Waals surface area contributed by atoms with E-state index in [2.05, 4.69) is 5.32 Å². The van der Waals surface area contributed by atoms with Crippen LogP contribution in [0.4, 0.5) is 18.9 Å². The highest BCUT2D eigenvalue weighted by atomic mass is 19.4. The number of halogens is 3. The van der Waals surface area contributed by atoms with Crippen LogP contribution >= 0.6 is 0 Å². The van der Waals surface area contributed by atoms with Gasteiger partial charge in [-0.1, -0.05) is 25.1 Å². The number of benzene rings is 2. The van der Waals surface area contributed by atoms with Crippen LogP contribution in [-0.2, 0) is 11.0 Å². The van der Waals surface area contributed by atoms with Gasteiger partial charge in [0.25, 0.3) is 5.91 Å². The lowest BCUT2D eigenvalue weighted by molar-refractivity contribution is -0.137. The highest BCUT2D eigenvalue weighted by molar-refractivity contribution is 5.94. The lowest BCUT2D eigenvalue weighted by Gasteiger charge is -2.19. The standard InChI is InChI=1S/C19H20F3NO2/c1-4-16(25-17-10-12(2)8-9-13(17)3)18(24)23-15-7-5-6-14(11-15)19(20,21)22/h5-11,16H,4H2,1-3H3,(H,23,24)/t16-/m0/s1. The molecule has 0 saturated carbocycles. The summed E-state index contributed by atoms with van der Waals surface area (Å²) in [7, 11) is 0. The highest BCUT2D eigenvalue weighted by Crippen LogP contribution is 2.30. The molecule has 1 amide bonds. The van der Waals surface area contributed by atoms with E-state index in [-0.39, 0.29) is 5.69 Å². The Morgan fingerprint density at radius 3 is 2.52 bits per heavy atom. The van der Waals surface area contributed by atoms with E-state index in [0.29, 0.717) is 12.2 Å². The maximum atomic E-state index is 12.8. The molecule has 0 aliphatic carbocycles. The second kappa shape index (κ2) is 7.59. The van der Waals surface area contributed by atoms with E-state index in [0.717, 1.165) is 23.3 Å². The predicted octanol–water partition coefficient (Wildman–Crippen LogP) is 5.12. The number of alkyl halides is 3. The van der Waals surface area contributed by atoms with Gasteiger partial charge >= 0.3 is 6.18 Å². The average molecular weight is 351 g/mol. The van der Waals surface area contributed by atoms with E-state index in [1.54, 1.807) is 6.92 Å². The number of nitrogens with one attached hydrogen (secondary N) is 1. The van der Waals surface area contributed by atoms with Crippen molar-refractivity contribution in [2.24, 2.45) is 0 Å². The van der Waals surface area contributed by atoms with Crippen LogP contribution in [-0.4, -0.2) is 12.0 Å². The van der Waals surface area contributed by atoms with Gasteiger partial charge < -0.3 is 10.1 Å². The molecule has 0 saturated heterocycles. The van der Waals surface area contributed by atoms with Gasteiger partial charge in [0.05, 0.1) is 5.56 Å². The Morgan fingerprint density at radius 2 is 1.88 bits per heavy atom. The van der Waals surface area contributed by atoms with Crippen molar-refractivity contribution in [2.45, 2.75) is 39.5 Å². The first-order valence-corrected chi connectivity index (χ1v) is 7.92. The van der Waals surface area contributed by atoms with Gasteiger partial charge in [-0.05, 0) is 55.7 Å². The Morgan fingerprint density at radius 1 is 1.16 bits per heavy atom. The normalized spacial score (nSPS) is 12.6. The minimum absolute atomic E-state index is 0.0860. The van der Waals surface area contributed by atoms with E-state index in [4.69, 9.17) is 4.74 Å². The Hall–Kier alpha value is -2.50. The molecule has 1 N–H and O–H groups in total. The molecule has 0 heterocycles. The molecule has 0 fully saturated rings. The first kappa shape index (κ1) is 18.8. The molecule has 0 aliphatic heterocycles. The van der Waals surface area contributed by atoms with Crippen LogP contribution in [0.3, 0.4) is 0 Å². The zero-order valence-corrected chi connectivity index (χ0v) is 14.3. The molecule has 1 atom stereocenters. The molecule has 0 spiro atoms. The van der Waals surface area contributed by atoms with Crippen molar-refractivity contribution in [2.75, 3.05) is 5.32 Å². The molecule has 6 heteroatoms. The van der Waals surface area contributed by atoms with Crippen molar-refractivity contribution >= 4 is 11.6 Å². The van der Waals surface area contributed by atoms with Crippen molar-refractivity contribution < 1.29 is 22.7 Å². The summed E-state index contributed by atoms with van der Waals surface area (Å²) in [4.78, 5) is 12.4. The molecule has 134 valence electrons. The third-order valence-corrected chi connectivity index (χ3v) is 3.73. The van der Waals surface area contributed by atoms with E-state index in [1.165, 1.54) is 12.1 Å². The van der Waals surface area contributed by atoms with E-state index in [1.807, 2.05) is 32.0 Å². The zero-order valence-electron chi connectivity index (χ0n) is 14.3. The minimum Gasteiger partial charge on any atom is -0.480 e. The molecule has 0 unspecified atom stereocenters. The summed E-state index contributed by atoms with van der Waals surface area (Å²) in [6.07, 6.45) is -4.87. The molecule has 3 nitrogen and oxygen atoms in total. The summed E-state index contributed by atoms with van der Waals surface area (Å²) in [5, 5.41) is 2.50. The third kappa shape index (κ3) is 4.98. The van der Waals surface area contributed by atoms with Gasteiger partial charge in [-0.2, -0.15) is 13.2 Å². The molecule has 0 aromatic heterocycles. The molecular weight excluding hydrogens is 331 g/mol. The van der Waals surface area contributed by atoms with Gasteiger partial charge in [-0.15, -0.1) is 0 Å². The van der Waals surface area contributed by atoms with Gasteiger partial charge in [0.1, 0.15) is 5.75 Å². The molecule has 25 heavy (non-hydrogen) atoms. The molecule has 2 aromatic rings. The maximum absolute atomic E-state index is 12.8. The van der Waals surface area contributed by atoms with E-state index in [9.17, 15) is 18.0 Å². The first-order chi connectivity index (χ1) is 11.7. The van der Waals surface area contributed by atoms with Crippen molar-refractivity contribution in [1.82, 2.24) is 0 Å². The van der Waals surface area contributed by atoms with Gasteiger partial charge in [0, 0.05) is 5.69 Å². The van der Waals surface area contributed by atoms with Gasteiger partial charge in [-0.3, -0.25) is 4.79 Å².